The van der Waals surface area contributed by atoms with Gasteiger partial charge in [0, 0.05) is 0 Å². The number of hydrogen-bond acceptors (Lipinski definition) is 5. The fraction of sp³-hybridized carbons (Fsp3) is 0.125. The van der Waals surface area contributed by atoms with Gasteiger partial charge in [-0.15, -0.1) is 0 Å². The number of phenolic OH excluding ortho intramolecular Hbond substituents is 1. The van der Waals surface area contributed by atoms with Gasteiger partial charge in [-0.05, 0) is 54.4 Å². The summed E-state index contributed by atoms with van der Waals surface area (Å²) < 4.78 is 2.13. The number of carbonyl (C=O) groups excluding carboxylic acids is 1. The van der Waals surface area contributed by atoms with Crippen molar-refractivity contribution in [3.8, 4) is 5.75 Å². The number of carbonyl (C=O) groups is 1. The van der Waals surface area contributed by atoms with Crippen molar-refractivity contribution in [2.24, 2.45) is 5.10 Å². The van der Waals surface area contributed by atoms with Crippen LogP contribution in [-0.2, 0) is 11.3 Å². The van der Waals surface area contributed by atoms with E-state index in [0.29, 0.717) is 12.3 Å². The molecule has 0 saturated carbocycles. The molecule has 6 nitrogen and oxygen atoms in total. The Bertz CT molecular complexity index is 1220. The molecule has 1 aromatic heterocycles. The second kappa shape index (κ2) is 9.49. The van der Waals surface area contributed by atoms with Crippen molar-refractivity contribution >= 4 is 34.4 Å². The van der Waals surface area contributed by atoms with E-state index < -0.39 is 0 Å². The fourth-order valence-corrected chi connectivity index (χ4v) is 3.96. The molecule has 0 aliphatic heterocycles. The van der Waals surface area contributed by atoms with Crippen LogP contribution in [0.5, 0.6) is 5.75 Å². The number of para-hydroxylation sites is 2. The molecule has 156 valence electrons. The zero-order valence-electron chi connectivity index (χ0n) is 17.0. The van der Waals surface area contributed by atoms with Crippen LogP contribution in [0.2, 0.25) is 0 Å². The SMILES string of the molecule is CC(=NNC(=O)CSc1nc2ccccc2n1Cc1ccccc1)c1ccc(O)cc1. The van der Waals surface area contributed by atoms with Crippen molar-refractivity contribution in [3.63, 3.8) is 0 Å². The van der Waals surface area contributed by atoms with Crippen LogP contribution in [0.1, 0.15) is 18.1 Å². The van der Waals surface area contributed by atoms with Gasteiger partial charge in [-0.1, -0.05) is 54.2 Å². The molecule has 0 bridgehead atoms. The number of thioether (sulfide) groups is 1. The summed E-state index contributed by atoms with van der Waals surface area (Å²) in [6.45, 7) is 2.49. The lowest BCUT2D eigenvalue weighted by Gasteiger charge is -2.09. The van der Waals surface area contributed by atoms with Gasteiger partial charge in [0.05, 0.1) is 29.0 Å². The maximum absolute atomic E-state index is 12.4. The summed E-state index contributed by atoms with van der Waals surface area (Å²) >= 11 is 1.39. The zero-order chi connectivity index (χ0) is 21.6. The highest BCUT2D eigenvalue weighted by molar-refractivity contribution is 7.99. The first-order valence-electron chi connectivity index (χ1n) is 9.84. The minimum atomic E-state index is -0.207. The summed E-state index contributed by atoms with van der Waals surface area (Å²) in [5.74, 6) is 0.182. The van der Waals surface area contributed by atoms with Crippen LogP contribution in [0, 0.1) is 0 Å². The molecule has 0 fully saturated rings. The van der Waals surface area contributed by atoms with Crippen molar-refractivity contribution in [3.05, 3.63) is 90.0 Å². The third-order valence-electron chi connectivity index (χ3n) is 4.77. The van der Waals surface area contributed by atoms with E-state index in [1.54, 1.807) is 31.2 Å². The molecule has 7 heteroatoms. The number of nitrogens with one attached hydrogen (secondary N) is 1. The standard InChI is InChI=1S/C24H22N4O2S/c1-17(19-11-13-20(29)14-12-19)26-27-23(30)16-31-24-25-21-9-5-6-10-22(21)28(24)15-18-7-3-2-4-8-18/h2-14,29H,15-16H2,1H3,(H,27,30). The van der Waals surface area contributed by atoms with Crippen molar-refractivity contribution in [2.45, 2.75) is 18.6 Å². The van der Waals surface area contributed by atoms with Gasteiger partial charge in [-0.2, -0.15) is 5.10 Å². The number of nitrogens with zero attached hydrogens (tertiary/aromatic N) is 3. The summed E-state index contributed by atoms with van der Waals surface area (Å²) in [5, 5.41) is 14.3. The molecule has 0 atom stereocenters. The Labute approximate surface area is 184 Å². The van der Waals surface area contributed by atoms with Crippen LogP contribution in [0.15, 0.2) is 89.1 Å². The van der Waals surface area contributed by atoms with Gasteiger partial charge in [-0.25, -0.2) is 10.4 Å². The van der Waals surface area contributed by atoms with Gasteiger partial charge >= 0.3 is 0 Å². The predicted octanol–water partition coefficient (Wildman–Crippen LogP) is 4.42. The lowest BCUT2D eigenvalue weighted by Crippen LogP contribution is -2.21. The monoisotopic (exact) mass is 430 g/mol. The summed E-state index contributed by atoms with van der Waals surface area (Å²) in [5.41, 5.74) is 7.20. The smallest absolute Gasteiger partial charge is 0.250 e. The minimum absolute atomic E-state index is 0.190. The maximum Gasteiger partial charge on any atom is 0.250 e. The highest BCUT2D eigenvalue weighted by atomic mass is 32.2. The Morgan fingerprint density at radius 2 is 1.74 bits per heavy atom. The van der Waals surface area contributed by atoms with Gasteiger partial charge in [0.25, 0.3) is 5.91 Å². The van der Waals surface area contributed by atoms with Gasteiger partial charge in [0.1, 0.15) is 5.75 Å². The topological polar surface area (TPSA) is 79.5 Å². The second-order valence-electron chi connectivity index (χ2n) is 7.02. The van der Waals surface area contributed by atoms with Gasteiger partial charge < -0.3 is 9.67 Å². The molecule has 3 aromatic carbocycles. The molecule has 0 aliphatic rings. The molecule has 1 heterocycles. The van der Waals surface area contributed by atoms with E-state index in [0.717, 1.165) is 21.8 Å². The average molecular weight is 431 g/mol. The normalized spacial score (nSPS) is 11.6. The molecule has 0 radical (unpaired) electrons. The number of hydrazone groups is 1. The summed E-state index contributed by atoms with van der Waals surface area (Å²) in [4.78, 5) is 17.1. The molecule has 0 saturated heterocycles. The van der Waals surface area contributed by atoms with E-state index in [4.69, 9.17) is 4.98 Å². The minimum Gasteiger partial charge on any atom is -0.508 e. The zero-order valence-corrected chi connectivity index (χ0v) is 17.8. The number of fused-ring (bicyclic) bond motifs is 1. The van der Waals surface area contributed by atoms with Crippen molar-refractivity contribution in [1.82, 2.24) is 15.0 Å². The van der Waals surface area contributed by atoms with E-state index in [9.17, 15) is 9.90 Å². The van der Waals surface area contributed by atoms with Crippen molar-refractivity contribution in [2.75, 3.05) is 5.75 Å². The number of aromatic hydroxyl groups is 1. The molecular formula is C24H22N4O2S. The largest absolute Gasteiger partial charge is 0.508 e. The Morgan fingerprint density at radius 3 is 2.52 bits per heavy atom. The molecule has 1 amide bonds. The van der Waals surface area contributed by atoms with Crippen molar-refractivity contribution < 1.29 is 9.90 Å². The molecule has 0 spiro atoms. The average Bonchev–Trinajstić information content (AvgIpc) is 3.14. The quantitative estimate of drug-likeness (QED) is 0.258. The van der Waals surface area contributed by atoms with Gasteiger partial charge in [0.15, 0.2) is 5.16 Å². The highest BCUT2D eigenvalue weighted by Crippen LogP contribution is 2.25. The number of phenols is 1. The summed E-state index contributed by atoms with van der Waals surface area (Å²) in [6.07, 6.45) is 0. The first-order chi connectivity index (χ1) is 15.1. The molecule has 4 rings (SSSR count). The Balaban J connectivity index is 1.46. The van der Waals surface area contributed by atoms with Crippen molar-refractivity contribution in [1.29, 1.82) is 0 Å². The van der Waals surface area contributed by atoms with E-state index >= 15 is 0 Å². The number of imidazole rings is 1. The Kier molecular flexibility index (Phi) is 6.33. The number of rotatable bonds is 7. The van der Waals surface area contributed by atoms with Crippen LogP contribution in [0.3, 0.4) is 0 Å². The van der Waals surface area contributed by atoms with Crippen LogP contribution in [0.4, 0.5) is 0 Å². The van der Waals surface area contributed by atoms with Crippen LogP contribution in [-0.4, -0.2) is 32.0 Å². The van der Waals surface area contributed by atoms with E-state index in [-0.39, 0.29) is 17.4 Å². The number of amides is 1. The van der Waals surface area contributed by atoms with Gasteiger partial charge in [0.2, 0.25) is 0 Å². The maximum atomic E-state index is 12.4. The first kappa shape index (κ1) is 20.7. The first-order valence-corrected chi connectivity index (χ1v) is 10.8. The van der Waals surface area contributed by atoms with E-state index in [1.165, 1.54) is 17.3 Å². The number of benzene rings is 3. The summed E-state index contributed by atoms with van der Waals surface area (Å²) in [6, 6.07) is 24.8. The third kappa shape index (κ3) is 5.13. The van der Waals surface area contributed by atoms with E-state index in [2.05, 4.69) is 27.2 Å². The molecule has 0 unspecified atom stereocenters. The van der Waals surface area contributed by atoms with Crippen LogP contribution >= 0.6 is 11.8 Å². The molecule has 4 aromatic rings. The number of aromatic nitrogens is 2. The van der Waals surface area contributed by atoms with Gasteiger partial charge in [-0.3, -0.25) is 4.79 Å². The lowest BCUT2D eigenvalue weighted by atomic mass is 10.1. The lowest BCUT2D eigenvalue weighted by molar-refractivity contribution is -0.118. The Morgan fingerprint density at radius 1 is 1.03 bits per heavy atom. The van der Waals surface area contributed by atoms with E-state index in [1.807, 2.05) is 42.5 Å². The molecule has 31 heavy (non-hydrogen) atoms. The molecule has 0 aliphatic carbocycles. The van der Waals surface area contributed by atoms with Crippen LogP contribution in [0.25, 0.3) is 11.0 Å². The fourth-order valence-electron chi connectivity index (χ4n) is 3.16. The summed E-state index contributed by atoms with van der Waals surface area (Å²) in [7, 11) is 0. The molecular weight excluding hydrogens is 408 g/mol. The molecule has 2 N–H and O–H groups in total. The third-order valence-corrected chi connectivity index (χ3v) is 5.75. The number of hydrogen-bond donors (Lipinski definition) is 2. The predicted molar refractivity (Wildman–Crippen MR) is 124 cm³/mol. The van der Waals surface area contributed by atoms with Crippen LogP contribution < -0.4 is 5.43 Å². The Hall–Kier alpha value is -3.58. The second-order valence-corrected chi connectivity index (χ2v) is 7.97. The highest BCUT2D eigenvalue weighted by Gasteiger charge is 2.13.